The van der Waals surface area contributed by atoms with Crippen molar-refractivity contribution >= 4 is 26.0 Å². The van der Waals surface area contributed by atoms with E-state index in [9.17, 15) is 8.42 Å². The third-order valence-corrected chi connectivity index (χ3v) is 5.83. The zero-order chi connectivity index (χ0) is 13.9. The van der Waals surface area contributed by atoms with Crippen molar-refractivity contribution < 1.29 is 8.42 Å². The minimum Gasteiger partial charge on any atom is -0.319 e. The fraction of sp³-hybridized carbons (Fsp3) is 0.538. The van der Waals surface area contributed by atoms with Gasteiger partial charge in [0.15, 0.2) is 0 Å². The van der Waals surface area contributed by atoms with Crippen molar-refractivity contribution in [2.24, 2.45) is 5.92 Å². The molecule has 1 aliphatic rings. The normalized spacial score (nSPS) is 21.5. The Morgan fingerprint density at radius 2 is 2.05 bits per heavy atom. The molecule has 0 aliphatic carbocycles. The van der Waals surface area contributed by atoms with Gasteiger partial charge in [-0.25, -0.2) is 8.42 Å². The summed E-state index contributed by atoms with van der Waals surface area (Å²) in [6, 6.07) is 6.84. The molecule has 4 nitrogen and oxygen atoms in total. The second-order valence-corrected chi connectivity index (χ2v) is 7.74. The van der Waals surface area contributed by atoms with Gasteiger partial charge in [-0.05, 0) is 56.6 Å². The van der Waals surface area contributed by atoms with E-state index in [4.69, 9.17) is 0 Å². The first-order chi connectivity index (χ1) is 9.04. The van der Waals surface area contributed by atoms with Crippen LogP contribution in [0.4, 0.5) is 0 Å². The quantitative estimate of drug-likeness (QED) is 0.907. The molecule has 19 heavy (non-hydrogen) atoms. The van der Waals surface area contributed by atoms with Gasteiger partial charge in [0.2, 0.25) is 10.0 Å². The van der Waals surface area contributed by atoms with Gasteiger partial charge in [0, 0.05) is 17.6 Å². The Kier molecular flexibility index (Phi) is 5.00. The van der Waals surface area contributed by atoms with Crippen LogP contribution in [-0.4, -0.2) is 39.4 Å². The Balaban J connectivity index is 2.17. The lowest BCUT2D eigenvalue weighted by atomic mass is 10.00. The smallest absolute Gasteiger partial charge is 0.243 e. The van der Waals surface area contributed by atoms with Gasteiger partial charge in [0.05, 0.1) is 4.90 Å². The average Bonchev–Trinajstić information content (AvgIpc) is 2.40. The molecule has 6 heteroatoms. The Bertz CT molecular complexity index is 514. The monoisotopic (exact) mass is 346 g/mol. The second-order valence-electron chi connectivity index (χ2n) is 4.88. The third-order valence-electron chi connectivity index (χ3n) is 3.43. The highest BCUT2D eigenvalue weighted by Crippen LogP contribution is 2.24. The molecule has 1 heterocycles. The lowest BCUT2D eigenvalue weighted by molar-refractivity contribution is 0.263. The first-order valence-electron chi connectivity index (χ1n) is 6.44. The van der Waals surface area contributed by atoms with Crippen molar-refractivity contribution in [2.45, 2.75) is 17.7 Å². The van der Waals surface area contributed by atoms with E-state index in [1.54, 1.807) is 28.6 Å². The number of halogens is 1. The molecule has 1 fully saturated rings. The number of hydrogen-bond acceptors (Lipinski definition) is 3. The van der Waals surface area contributed by atoms with Gasteiger partial charge >= 0.3 is 0 Å². The fourth-order valence-electron chi connectivity index (χ4n) is 2.46. The lowest BCUT2D eigenvalue weighted by Gasteiger charge is -2.31. The number of nitrogens with one attached hydrogen (secondary N) is 1. The van der Waals surface area contributed by atoms with Crippen LogP contribution < -0.4 is 5.32 Å². The fourth-order valence-corrected chi connectivity index (χ4v) is 4.28. The molecule has 1 aromatic rings. The minimum atomic E-state index is -3.35. The number of sulfonamides is 1. The number of rotatable bonds is 4. The highest BCUT2D eigenvalue weighted by molar-refractivity contribution is 9.10. The Labute approximate surface area is 123 Å². The average molecular weight is 347 g/mol. The maximum atomic E-state index is 12.5. The van der Waals surface area contributed by atoms with Crippen LogP contribution in [-0.2, 0) is 10.0 Å². The molecular formula is C13H19BrN2O2S. The van der Waals surface area contributed by atoms with Gasteiger partial charge in [0.25, 0.3) is 0 Å². The number of benzene rings is 1. The first-order valence-corrected chi connectivity index (χ1v) is 8.67. The molecule has 0 bridgehead atoms. The molecule has 1 aromatic carbocycles. The molecule has 0 spiro atoms. The Hall–Kier alpha value is -0.430. The van der Waals surface area contributed by atoms with E-state index in [0.717, 1.165) is 23.9 Å². The lowest BCUT2D eigenvalue weighted by Crippen LogP contribution is -2.42. The molecule has 1 N–H and O–H groups in total. The van der Waals surface area contributed by atoms with Gasteiger partial charge in [-0.1, -0.05) is 15.9 Å². The SMILES string of the molecule is CNC[C@H]1CCCN(S(=O)(=O)c2ccc(Br)cc2)C1. The predicted molar refractivity (Wildman–Crippen MR) is 79.6 cm³/mol. The molecule has 0 unspecified atom stereocenters. The molecule has 0 saturated carbocycles. The van der Waals surface area contributed by atoms with E-state index in [1.807, 2.05) is 7.05 Å². The number of nitrogens with zero attached hydrogens (tertiary/aromatic N) is 1. The van der Waals surface area contributed by atoms with Crippen molar-refractivity contribution in [2.75, 3.05) is 26.7 Å². The standard InChI is InChI=1S/C13H19BrN2O2S/c1-15-9-11-3-2-8-16(10-11)19(17,18)13-6-4-12(14)5-7-13/h4-7,11,15H,2-3,8-10H2,1H3/t11-/m1/s1. The summed E-state index contributed by atoms with van der Waals surface area (Å²) in [5.41, 5.74) is 0. The molecule has 2 rings (SSSR count). The zero-order valence-corrected chi connectivity index (χ0v) is 13.4. The summed E-state index contributed by atoms with van der Waals surface area (Å²) in [7, 11) is -1.44. The van der Waals surface area contributed by atoms with Crippen LogP contribution in [0.15, 0.2) is 33.6 Å². The van der Waals surface area contributed by atoms with E-state index in [-0.39, 0.29) is 0 Å². The summed E-state index contributed by atoms with van der Waals surface area (Å²) in [5.74, 6) is 0.406. The van der Waals surface area contributed by atoms with Crippen LogP contribution in [0.2, 0.25) is 0 Å². The molecule has 1 saturated heterocycles. The van der Waals surface area contributed by atoms with Crippen molar-refractivity contribution in [3.63, 3.8) is 0 Å². The highest BCUT2D eigenvalue weighted by atomic mass is 79.9. The van der Waals surface area contributed by atoms with Crippen molar-refractivity contribution in [1.82, 2.24) is 9.62 Å². The number of hydrogen-bond donors (Lipinski definition) is 1. The van der Waals surface area contributed by atoms with Crippen LogP contribution in [0.3, 0.4) is 0 Å². The second kappa shape index (κ2) is 6.35. The summed E-state index contributed by atoms with van der Waals surface area (Å²) in [4.78, 5) is 0.376. The van der Waals surface area contributed by atoms with Crippen LogP contribution in [0.5, 0.6) is 0 Å². The Morgan fingerprint density at radius 1 is 1.37 bits per heavy atom. The molecular weight excluding hydrogens is 328 g/mol. The molecule has 0 aromatic heterocycles. The molecule has 0 amide bonds. The third kappa shape index (κ3) is 3.56. The summed E-state index contributed by atoms with van der Waals surface area (Å²) in [5, 5.41) is 3.13. The summed E-state index contributed by atoms with van der Waals surface area (Å²) >= 11 is 3.32. The van der Waals surface area contributed by atoms with Crippen molar-refractivity contribution in [3.8, 4) is 0 Å². The van der Waals surface area contributed by atoms with Crippen LogP contribution in [0.1, 0.15) is 12.8 Å². The van der Waals surface area contributed by atoms with Crippen LogP contribution >= 0.6 is 15.9 Å². The molecule has 0 radical (unpaired) electrons. The van der Waals surface area contributed by atoms with Gasteiger partial charge in [-0.2, -0.15) is 4.31 Å². The van der Waals surface area contributed by atoms with Crippen LogP contribution in [0.25, 0.3) is 0 Å². The maximum Gasteiger partial charge on any atom is 0.243 e. The van der Waals surface area contributed by atoms with Gasteiger partial charge in [-0.15, -0.1) is 0 Å². The van der Waals surface area contributed by atoms with Crippen LogP contribution in [0, 0.1) is 5.92 Å². The van der Waals surface area contributed by atoms with E-state index < -0.39 is 10.0 Å². The summed E-state index contributed by atoms with van der Waals surface area (Å²) in [6.07, 6.45) is 2.02. The van der Waals surface area contributed by atoms with Gasteiger partial charge in [0.1, 0.15) is 0 Å². The summed E-state index contributed by atoms with van der Waals surface area (Å²) in [6.45, 7) is 2.10. The van der Waals surface area contributed by atoms with Gasteiger partial charge < -0.3 is 5.32 Å². The topological polar surface area (TPSA) is 49.4 Å². The maximum absolute atomic E-state index is 12.5. The van der Waals surface area contributed by atoms with E-state index in [2.05, 4.69) is 21.2 Å². The molecule has 106 valence electrons. The van der Waals surface area contributed by atoms with Crippen molar-refractivity contribution in [3.05, 3.63) is 28.7 Å². The Morgan fingerprint density at radius 3 is 2.68 bits per heavy atom. The number of piperidine rings is 1. The predicted octanol–water partition coefficient (Wildman–Crippen LogP) is 2.07. The summed E-state index contributed by atoms with van der Waals surface area (Å²) < 4.78 is 27.6. The highest BCUT2D eigenvalue weighted by Gasteiger charge is 2.29. The first kappa shape index (κ1) is 15.0. The largest absolute Gasteiger partial charge is 0.319 e. The molecule has 1 atom stereocenters. The zero-order valence-electron chi connectivity index (χ0n) is 11.0. The van der Waals surface area contributed by atoms with E-state index >= 15 is 0 Å². The minimum absolute atomic E-state index is 0.376. The van der Waals surface area contributed by atoms with Crippen molar-refractivity contribution in [1.29, 1.82) is 0 Å². The molecule has 1 aliphatic heterocycles. The van der Waals surface area contributed by atoms with E-state index in [1.165, 1.54) is 0 Å². The van der Waals surface area contributed by atoms with E-state index in [0.29, 0.717) is 23.9 Å². The van der Waals surface area contributed by atoms with Gasteiger partial charge in [-0.3, -0.25) is 0 Å².